The number of nitrogens with zero attached hydrogens (tertiary/aromatic N) is 3. The molecule has 1 unspecified atom stereocenters. The molecule has 0 aromatic carbocycles. The molecule has 0 amide bonds. The Balaban J connectivity index is 2.21. The van der Waals surface area contributed by atoms with Gasteiger partial charge in [0.15, 0.2) is 0 Å². The third kappa shape index (κ3) is 3.92. The van der Waals surface area contributed by atoms with E-state index in [-0.39, 0.29) is 0 Å². The smallest absolute Gasteiger partial charge is 0.138 e. The van der Waals surface area contributed by atoms with E-state index >= 15 is 0 Å². The van der Waals surface area contributed by atoms with Gasteiger partial charge in [-0.2, -0.15) is 5.10 Å². The second-order valence-electron chi connectivity index (χ2n) is 5.81. The first-order valence-electron chi connectivity index (χ1n) is 7.71. The van der Waals surface area contributed by atoms with Crippen molar-refractivity contribution in [1.29, 1.82) is 0 Å². The van der Waals surface area contributed by atoms with Gasteiger partial charge in [0.05, 0.1) is 0 Å². The molecule has 1 N–H and O–H groups in total. The molecule has 116 valence electrons. The van der Waals surface area contributed by atoms with Crippen molar-refractivity contribution in [3.63, 3.8) is 0 Å². The first kappa shape index (κ1) is 16.2. The Kier molecular flexibility index (Phi) is 5.53. The zero-order chi connectivity index (χ0) is 15.4. The van der Waals surface area contributed by atoms with Crippen LogP contribution in [0.25, 0.3) is 0 Å². The Labute approximate surface area is 131 Å². The average Bonchev–Trinajstić information content (AvgIpc) is 3.02. The molecule has 0 spiro atoms. The Morgan fingerprint density at radius 1 is 1.33 bits per heavy atom. The van der Waals surface area contributed by atoms with Crippen molar-refractivity contribution >= 4 is 11.3 Å². The molecule has 21 heavy (non-hydrogen) atoms. The van der Waals surface area contributed by atoms with Crippen LogP contribution < -0.4 is 5.32 Å². The molecule has 0 bridgehead atoms. The maximum absolute atomic E-state index is 4.46. The molecule has 5 heteroatoms. The van der Waals surface area contributed by atoms with E-state index in [4.69, 9.17) is 0 Å². The van der Waals surface area contributed by atoms with Gasteiger partial charge in [-0.25, -0.2) is 9.67 Å². The Morgan fingerprint density at radius 3 is 2.67 bits per heavy atom. The summed E-state index contributed by atoms with van der Waals surface area (Å²) in [6.45, 7) is 11.9. The van der Waals surface area contributed by atoms with Crippen molar-refractivity contribution < 1.29 is 0 Å². The molecular weight excluding hydrogens is 280 g/mol. The van der Waals surface area contributed by atoms with Gasteiger partial charge in [0.2, 0.25) is 0 Å². The van der Waals surface area contributed by atoms with E-state index < -0.39 is 0 Å². The van der Waals surface area contributed by atoms with Gasteiger partial charge in [0, 0.05) is 28.3 Å². The van der Waals surface area contributed by atoms with Crippen LogP contribution in [0.4, 0.5) is 0 Å². The summed E-state index contributed by atoms with van der Waals surface area (Å²) in [6.07, 6.45) is 3.69. The van der Waals surface area contributed by atoms with Gasteiger partial charge in [-0.1, -0.05) is 6.92 Å². The highest BCUT2D eigenvalue weighted by Gasteiger charge is 2.18. The van der Waals surface area contributed by atoms with Crippen molar-refractivity contribution in [1.82, 2.24) is 20.1 Å². The van der Waals surface area contributed by atoms with Gasteiger partial charge < -0.3 is 5.32 Å². The molecule has 4 nitrogen and oxygen atoms in total. The fourth-order valence-corrected chi connectivity index (χ4v) is 3.52. The number of thiophene rings is 1. The molecular formula is C16H26N4S. The number of hydrogen-bond donors (Lipinski definition) is 1. The lowest BCUT2D eigenvalue weighted by Crippen LogP contribution is -2.25. The number of aromatic nitrogens is 3. The molecule has 0 aliphatic heterocycles. The first-order chi connectivity index (χ1) is 10.0. The minimum absolute atomic E-state index is 0.323. The maximum Gasteiger partial charge on any atom is 0.138 e. The zero-order valence-electron chi connectivity index (χ0n) is 13.7. The summed E-state index contributed by atoms with van der Waals surface area (Å²) in [7, 11) is 0. The minimum Gasteiger partial charge on any atom is -0.309 e. The normalized spacial score (nSPS) is 13.0. The largest absolute Gasteiger partial charge is 0.309 e. The summed E-state index contributed by atoms with van der Waals surface area (Å²) in [5.74, 6) is 1.06. The van der Waals surface area contributed by atoms with E-state index in [0.29, 0.717) is 12.1 Å². The standard InChI is InChI=1S/C16H26N4S/c1-6-7-17-14(15-8-12(4)13(5)21-15)9-16-18-10-19-20(16)11(2)3/h8,10-11,14,17H,6-7,9H2,1-5H3. The van der Waals surface area contributed by atoms with E-state index in [1.54, 1.807) is 6.33 Å². The molecule has 2 aromatic heterocycles. The third-order valence-electron chi connectivity index (χ3n) is 3.69. The summed E-state index contributed by atoms with van der Waals surface area (Å²) >= 11 is 1.89. The van der Waals surface area contributed by atoms with Crippen LogP contribution in [-0.4, -0.2) is 21.3 Å². The van der Waals surface area contributed by atoms with Crippen LogP contribution in [0.3, 0.4) is 0 Å². The van der Waals surface area contributed by atoms with E-state index in [0.717, 1.165) is 25.2 Å². The average molecular weight is 306 g/mol. The molecule has 2 aromatic rings. The van der Waals surface area contributed by atoms with Gasteiger partial charge in [-0.3, -0.25) is 0 Å². The monoisotopic (exact) mass is 306 g/mol. The van der Waals surface area contributed by atoms with Crippen LogP contribution >= 0.6 is 11.3 Å². The van der Waals surface area contributed by atoms with E-state index in [1.165, 1.54) is 15.3 Å². The fourth-order valence-electron chi connectivity index (χ4n) is 2.40. The zero-order valence-corrected chi connectivity index (χ0v) is 14.5. The van der Waals surface area contributed by atoms with Crippen LogP contribution in [0.1, 0.15) is 60.4 Å². The van der Waals surface area contributed by atoms with Gasteiger partial charge in [0.25, 0.3) is 0 Å². The molecule has 0 saturated heterocycles. The lowest BCUT2D eigenvalue weighted by Gasteiger charge is -2.18. The van der Waals surface area contributed by atoms with Crippen LogP contribution in [0.5, 0.6) is 0 Å². The van der Waals surface area contributed by atoms with E-state index in [2.05, 4.69) is 56.1 Å². The Bertz CT molecular complexity index is 551. The lowest BCUT2D eigenvalue weighted by molar-refractivity contribution is 0.466. The van der Waals surface area contributed by atoms with Crippen LogP contribution in [0.15, 0.2) is 12.4 Å². The summed E-state index contributed by atoms with van der Waals surface area (Å²) in [4.78, 5) is 7.26. The van der Waals surface area contributed by atoms with Gasteiger partial charge in [-0.05, 0) is 52.3 Å². The van der Waals surface area contributed by atoms with Crippen LogP contribution in [0.2, 0.25) is 0 Å². The predicted octanol–water partition coefficient (Wildman–Crippen LogP) is 3.82. The third-order valence-corrected chi connectivity index (χ3v) is 4.96. The molecule has 0 saturated carbocycles. The van der Waals surface area contributed by atoms with Crippen molar-refractivity contribution in [3.8, 4) is 0 Å². The SMILES string of the molecule is CCCNC(Cc1ncnn1C(C)C)c1cc(C)c(C)s1. The van der Waals surface area contributed by atoms with E-state index in [1.807, 2.05) is 16.0 Å². The van der Waals surface area contributed by atoms with Crippen LogP contribution in [0, 0.1) is 13.8 Å². The van der Waals surface area contributed by atoms with Crippen molar-refractivity contribution in [3.05, 3.63) is 33.5 Å². The van der Waals surface area contributed by atoms with Gasteiger partial charge in [-0.15, -0.1) is 11.3 Å². The first-order valence-corrected chi connectivity index (χ1v) is 8.53. The lowest BCUT2D eigenvalue weighted by atomic mass is 10.1. The second kappa shape index (κ2) is 7.18. The topological polar surface area (TPSA) is 42.7 Å². The number of nitrogens with one attached hydrogen (secondary N) is 1. The molecule has 0 fully saturated rings. The highest BCUT2D eigenvalue weighted by Crippen LogP contribution is 2.28. The summed E-state index contributed by atoms with van der Waals surface area (Å²) < 4.78 is 2.02. The Hall–Kier alpha value is -1.20. The van der Waals surface area contributed by atoms with E-state index in [9.17, 15) is 0 Å². The predicted molar refractivity (Wildman–Crippen MR) is 88.9 cm³/mol. The van der Waals surface area contributed by atoms with Crippen molar-refractivity contribution in [2.45, 2.75) is 59.5 Å². The summed E-state index contributed by atoms with van der Waals surface area (Å²) in [5.41, 5.74) is 1.38. The number of aryl methyl sites for hydroxylation is 2. The molecule has 0 radical (unpaired) electrons. The molecule has 1 atom stereocenters. The number of rotatable bonds is 7. The van der Waals surface area contributed by atoms with Crippen molar-refractivity contribution in [2.75, 3.05) is 6.54 Å². The quantitative estimate of drug-likeness (QED) is 0.845. The summed E-state index contributed by atoms with van der Waals surface area (Å²) in [5, 5.41) is 8.01. The Morgan fingerprint density at radius 2 is 2.10 bits per heavy atom. The van der Waals surface area contributed by atoms with Crippen LogP contribution in [-0.2, 0) is 6.42 Å². The fraction of sp³-hybridized carbons (Fsp3) is 0.625. The van der Waals surface area contributed by atoms with Crippen molar-refractivity contribution in [2.24, 2.45) is 0 Å². The molecule has 0 aliphatic rings. The van der Waals surface area contributed by atoms with Gasteiger partial charge in [0.1, 0.15) is 12.2 Å². The highest BCUT2D eigenvalue weighted by molar-refractivity contribution is 7.12. The molecule has 2 heterocycles. The maximum atomic E-state index is 4.46. The van der Waals surface area contributed by atoms with Gasteiger partial charge >= 0.3 is 0 Å². The minimum atomic E-state index is 0.323. The molecule has 0 aliphatic carbocycles. The number of hydrogen-bond acceptors (Lipinski definition) is 4. The summed E-state index contributed by atoms with van der Waals surface area (Å²) in [6, 6.07) is 2.98. The molecule has 2 rings (SSSR count). The second-order valence-corrected chi connectivity index (χ2v) is 7.10. The highest BCUT2D eigenvalue weighted by atomic mass is 32.1.